The zero-order chi connectivity index (χ0) is 19.4. The fourth-order valence-electron chi connectivity index (χ4n) is 3.21. The van der Waals surface area contributed by atoms with E-state index in [1.54, 1.807) is 7.11 Å². The third-order valence-corrected chi connectivity index (χ3v) is 4.70. The number of carboxylic acids is 1. The number of hydrogen-bond acceptors (Lipinski definition) is 6. The Morgan fingerprint density at radius 1 is 1.15 bits per heavy atom. The maximum Gasteiger partial charge on any atom is 0.335 e. The summed E-state index contributed by atoms with van der Waals surface area (Å²) in [7, 11) is 1.64. The summed E-state index contributed by atoms with van der Waals surface area (Å²) in [6, 6.07) is 12.0. The van der Waals surface area contributed by atoms with Gasteiger partial charge >= 0.3 is 5.97 Å². The zero-order valence-electron chi connectivity index (χ0n) is 15.0. The maximum absolute atomic E-state index is 11.4. The van der Waals surface area contributed by atoms with Gasteiger partial charge in [-0.1, -0.05) is 12.1 Å². The molecule has 142 valence electrons. The Hall–Kier alpha value is -3.13. The van der Waals surface area contributed by atoms with Gasteiger partial charge < -0.3 is 14.7 Å². The minimum absolute atomic E-state index is 0.0800. The second kappa shape index (κ2) is 8.05. The number of nitro benzene ring substituents is 1. The molecule has 2 aromatic rings. The van der Waals surface area contributed by atoms with Crippen LogP contribution in [-0.4, -0.2) is 54.2 Å². The van der Waals surface area contributed by atoms with Gasteiger partial charge in [0.2, 0.25) is 0 Å². The number of rotatable bonds is 6. The first-order valence-corrected chi connectivity index (χ1v) is 8.60. The molecule has 3 rings (SSSR count). The van der Waals surface area contributed by atoms with Gasteiger partial charge in [-0.25, -0.2) is 4.79 Å². The Labute approximate surface area is 156 Å². The number of aromatic carboxylic acids is 1. The maximum atomic E-state index is 11.4. The van der Waals surface area contributed by atoms with E-state index in [2.05, 4.69) is 4.90 Å². The molecule has 1 N–H and O–H groups in total. The van der Waals surface area contributed by atoms with Crippen LogP contribution in [0.3, 0.4) is 0 Å². The number of nitro groups is 1. The highest BCUT2D eigenvalue weighted by Gasteiger charge is 2.25. The summed E-state index contributed by atoms with van der Waals surface area (Å²) >= 11 is 0. The number of carbonyl (C=O) groups is 1. The number of ether oxygens (including phenoxy) is 1. The van der Waals surface area contributed by atoms with Crippen molar-refractivity contribution in [1.29, 1.82) is 0 Å². The van der Waals surface area contributed by atoms with Gasteiger partial charge in [0.15, 0.2) is 0 Å². The van der Waals surface area contributed by atoms with Crippen LogP contribution >= 0.6 is 0 Å². The van der Waals surface area contributed by atoms with Crippen LogP contribution in [0.1, 0.15) is 15.9 Å². The molecule has 0 amide bonds. The van der Waals surface area contributed by atoms with E-state index in [-0.39, 0.29) is 11.3 Å². The third-order valence-electron chi connectivity index (χ3n) is 4.70. The molecule has 0 aromatic heterocycles. The van der Waals surface area contributed by atoms with E-state index < -0.39 is 10.9 Å². The zero-order valence-corrected chi connectivity index (χ0v) is 15.0. The molecule has 2 aromatic carbocycles. The fraction of sp³-hybridized carbons (Fsp3) is 0.316. The first-order chi connectivity index (χ1) is 13.0. The van der Waals surface area contributed by atoms with Crippen molar-refractivity contribution in [2.75, 3.05) is 38.2 Å². The highest BCUT2D eigenvalue weighted by Crippen LogP contribution is 2.30. The third kappa shape index (κ3) is 4.35. The summed E-state index contributed by atoms with van der Waals surface area (Å²) in [5, 5.41) is 20.4. The summed E-state index contributed by atoms with van der Waals surface area (Å²) in [5.41, 5.74) is 1.40. The fourth-order valence-corrected chi connectivity index (χ4v) is 3.21. The van der Waals surface area contributed by atoms with Gasteiger partial charge in [-0.3, -0.25) is 15.0 Å². The molecule has 1 aliphatic rings. The van der Waals surface area contributed by atoms with Crippen molar-refractivity contribution in [3.05, 3.63) is 63.7 Å². The molecular weight excluding hydrogens is 350 g/mol. The molecule has 1 heterocycles. The van der Waals surface area contributed by atoms with Crippen LogP contribution in [0, 0.1) is 10.1 Å². The summed E-state index contributed by atoms with van der Waals surface area (Å²) in [5.74, 6) is -0.352. The standard InChI is InChI=1S/C19H21N3O5/c1-27-16-5-2-14(3-6-16)13-20-8-10-21(11-9-20)17-7-4-15(19(23)24)12-18(17)22(25)26/h2-7,12H,8-11,13H2,1H3,(H,23,24). The first kappa shape index (κ1) is 18.7. The molecule has 0 spiro atoms. The van der Waals surface area contributed by atoms with Crippen LogP contribution in [-0.2, 0) is 6.54 Å². The number of piperazine rings is 1. The Balaban J connectivity index is 1.66. The lowest BCUT2D eigenvalue weighted by molar-refractivity contribution is -0.384. The first-order valence-electron chi connectivity index (χ1n) is 8.60. The number of anilines is 1. The predicted octanol–water partition coefficient (Wildman–Crippen LogP) is 2.62. The van der Waals surface area contributed by atoms with Crippen LogP contribution < -0.4 is 9.64 Å². The smallest absolute Gasteiger partial charge is 0.335 e. The van der Waals surface area contributed by atoms with Crippen molar-refractivity contribution in [3.8, 4) is 5.75 Å². The largest absolute Gasteiger partial charge is 0.497 e. The Morgan fingerprint density at radius 2 is 1.81 bits per heavy atom. The molecule has 0 saturated carbocycles. The molecule has 0 unspecified atom stereocenters. The number of methoxy groups -OCH3 is 1. The summed E-state index contributed by atoms with van der Waals surface area (Å²) < 4.78 is 5.16. The van der Waals surface area contributed by atoms with Crippen LogP contribution in [0.15, 0.2) is 42.5 Å². The van der Waals surface area contributed by atoms with Gasteiger partial charge in [-0.2, -0.15) is 0 Å². The molecule has 1 saturated heterocycles. The van der Waals surface area contributed by atoms with Crippen molar-refractivity contribution in [3.63, 3.8) is 0 Å². The minimum atomic E-state index is -1.17. The average molecular weight is 371 g/mol. The molecular formula is C19H21N3O5. The second-order valence-electron chi connectivity index (χ2n) is 6.38. The topological polar surface area (TPSA) is 96.2 Å². The highest BCUT2D eigenvalue weighted by atomic mass is 16.6. The molecule has 8 nitrogen and oxygen atoms in total. The van der Waals surface area contributed by atoms with Gasteiger partial charge in [0.05, 0.1) is 17.6 Å². The van der Waals surface area contributed by atoms with Crippen molar-refractivity contribution < 1.29 is 19.6 Å². The Morgan fingerprint density at radius 3 is 2.37 bits per heavy atom. The van der Waals surface area contributed by atoms with Gasteiger partial charge in [0.1, 0.15) is 11.4 Å². The van der Waals surface area contributed by atoms with Crippen LogP contribution in [0.5, 0.6) is 5.75 Å². The molecule has 1 fully saturated rings. The van der Waals surface area contributed by atoms with Gasteiger partial charge in [0.25, 0.3) is 5.69 Å². The van der Waals surface area contributed by atoms with E-state index in [9.17, 15) is 14.9 Å². The molecule has 8 heteroatoms. The summed E-state index contributed by atoms with van der Waals surface area (Å²) in [6.45, 7) is 3.62. The molecule has 27 heavy (non-hydrogen) atoms. The summed E-state index contributed by atoms with van der Waals surface area (Å²) in [4.78, 5) is 26.1. The number of hydrogen-bond donors (Lipinski definition) is 1. The highest BCUT2D eigenvalue weighted by molar-refractivity contribution is 5.89. The van der Waals surface area contributed by atoms with E-state index in [4.69, 9.17) is 9.84 Å². The second-order valence-corrected chi connectivity index (χ2v) is 6.38. The Kier molecular flexibility index (Phi) is 5.56. The molecule has 0 radical (unpaired) electrons. The molecule has 0 bridgehead atoms. The summed E-state index contributed by atoms with van der Waals surface area (Å²) in [6.07, 6.45) is 0. The lowest BCUT2D eigenvalue weighted by Crippen LogP contribution is -2.46. The van der Waals surface area contributed by atoms with Crippen molar-refractivity contribution >= 4 is 17.3 Å². The Bertz CT molecular complexity index is 830. The predicted molar refractivity (Wildman–Crippen MR) is 101 cm³/mol. The van der Waals surface area contributed by atoms with Gasteiger partial charge in [-0.15, -0.1) is 0 Å². The minimum Gasteiger partial charge on any atom is -0.497 e. The lowest BCUT2D eigenvalue weighted by Gasteiger charge is -2.35. The van der Waals surface area contributed by atoms with Crippen LogP contribution in [0.25, 0.3) is 0 Å². The van der Waals surface area contributed by atoms with Crippen molar-refractivity contribution in [2.45, 2.75) is 6.54 Å². The van der Waals surface area contributed by atoms with E-state index in [0.29, 0.717) is 18.8 Å². The lowest BCUT2D eigenvalue weighted by atomic mass is 10.1. The number of benzene rings is 2. The SMILES string of the molecule is COc1ccc(CN2CCN(c3ccc(C(=O)O)cc3[N+](=O)[O-])CC2)cc1. The number of carboxylic acid groups (broad SMARTS) is 1. The quantitative estimate of drug-likeness (QED) is 0.616. The normalized spacial score (nSPS) is 14.8. The van der Waals surface area contributed by atoms with Crippen LogP contribution in [0.4, 0.5) is 11.4 Å². The van der Waals surface area contributed by atoms with E-state index in [1.807, 2.05) is 29.2 Å². The van der Waals surface area contributed by atoms with Gasteiger partial charge in [0, 0.05) is 38.8 Å². The molecule has 0 atom stereocenters. The van der Waals surface area contributed by atoms with Crippen LogP contribution in [0.2, 0.25) is 0 Å². The van der Waals surface area contributed by atoms with Crippen molar-refractivity contribution in [1.82, 2.24) is 4.90 Å². The van der Waals surface area contributed by atoms with E-state index in [1.165, 1.54) is 17.7 Å². The number of nitrogens with zero attached hydrogens (tertiary/aromatic N) is 3. The molecule has 0 aliphatic carbocycles. The van der Waals surface area contributed by atoms with E-state index in [0.717, 1.165) is 31.5 Å². The monoisotopic (exact) mass is 371 g/mol. The van der Waals surface area contributed by atoms with Gasteiger partial charge in [-0.05, 0) is 29.8 Å². The van der Waals surface area contributed by atoms with E-state index >= 15 is 0 Å². The van der Waals surface area contributed by atoms with Crippen molar-refractivity contribution in [2.24, 2.45) is 0 Å². The molecule has 1 aliphatic heterocycles. The average Bonchev–Trinajstić information content (AvgIpc) is 2.68.